The molecule has 1 spiro atoms. The van der Waals surface area contributed by atoms with Crippen molar-refractivity contribution < 1.29 is 14.3 Å². The predicted molar refractivity (Wildman–Crippen MR) is 93.4 cm³/mol. The maximum Gasteiger partial charge on any atom is 0.341 e. The van der Waals surface area contributed by atoms with Crippen LogP contribution in [-0.2, 0) is 0 Å². The molecule has 25 heavy (non-hydrogen) atoms. The molecule has 2 fully saturated rings. The van der Waals surface area contributed by atoms with Gasteiger partial charge in [-0.3, -0.25) is 4.79 Å². The topological polar surface area (TPSA) is 88.6 Å². The van der Waals surface area contributed by atoms with Crippen molar-refractivity contribution >= 4 is 28.8 Å². The average molecular weight is 343 g/mol. The molecule has 2 aromatic rings. The molecule has 130 valence electrons. The lowest BCUT2D eigenvalue weighted by Crippen LogP contribution is -2.30. The number of nitrogens with zero attached hydrogens (tertiary/aromatic N) is 2. The quantitative estimate of drug-likeness (QED) is 0.888. The molecule has 1 aliphatic heterocycles. The van der Waals surface area contributed by atoms with Crippen LogP contribution >= 0.6 is 0 Å². The zero-order valence-electron chi connectivity index (χ0n) is 13.5. The van der Waals surface area contributed by atoms with E-state index in [9.17, 15) is 19.1 Å². The largest absolute Gasteiger partial charge is 0.477 e. The number of rotatable bonds is 3. The van der Waals surface area contributed by atoms with Crippen molar-refractivity contribution in [3.63, 3.8) is 0 Å². The van der Waals surface area contributed by atoms with Crippen molar-refractivity contribution in [2.75, 3.05) is 18.0 Å². The number of carboxylic acids is 1. The Kier molecular flexibility index (Phi) is 3.27. The fourth-order valence-electron chi connectivity index (χ4n) is 3.77. The molecular formula is C18H18FN3O3. The summed E-state index contributed by atoms with van der Waals surface area (Å²) in [4.78, 5) is 25.5. The minimum atomic E-state index is -1.35. The van der Waals surface area contributed by atoms with Crippen molar-refractivity contribution in [3.05, 3.63) is 46.5 Å². The first-order valence-corrected chi connectivity index (χ1v) is 8.11. The summed E-state index contributed by atoms with van der Waals surface area (Å²) in [6.45, 7) is 4.91. The van der Waals surface area contributed by atoms with E-state index in [0.717, 1.165) is 18.9 Å². The smallest absolute Gasteiger partial charge is 0.341 e. The highest BCUT2D eigenvalue weighted by Crippen LogP contribution is 2.53. The number of anilines is 1. The highest BCUT2D eigenvalue weighted by atomic mass is 19.1. The number of halogens is 1. The van der Waals surface area contributed by atoms with E-state index in [1.54, 1.807) is 6.07 Å². The molecule has 1 atom stereocenters. The molecule has 1 aromatic carbocycles. The van der Waals surface area contributed by atoms with Gasteiger partial charge >= 0.3 is 5.97 Å². The molecular weight excluding hydrogens is 325 g/mol. The molecule has 1 aromatic heterocycles. The first kappa shape index (κ1) is 15.8. The summed E-state index contributed by atoms with van der Waals surface area (Å²) in [7, 11) is 0. The third-order valence-corrected chi connectivity index (χ3v) is 5.47. The number of nitrogens with two attached hydrogens (primary N) is 1. The van der Waals surface area contributed by atoms with Crippen molar-refractivity contribution in [2.45, 2.75) is 18.9 Å². The lowest BCUT2D eigenvalue weighted by molar-refractivity contribution is 0.0695. The summed E-state index contributed by atoms with van der Waals surface area (Å²) in [6, 6.07) is 2.70. The van der Waals surface area contributed by atoms with Crippen LogP contribution in [-0.4, -0.2) is 34.8 Å². The van der Waals surface area contributed by atoms with Crippen molar-refractivity contribution in [2.24, 2.45) is 11.1 Å². The summed E-state index contributed by atoms with van der Waals surface area (Å²) < 4.78 is 16.2. The Morgan fingerprint density at radius 1 is 1.44 bits per heavy atom. The van der Waals surface area contributed by atoms with Gasteiger partial charge < -0.3 is 20.3 Å². The number of aromatic nitrogens is 1. The van der Waals surface area contributed by atoms with E-state index in [0.29, 0.717) is 24.3 Å². The summed E-state index contributed by atoms with van der Waals surface area (Å²) in [6.07, 6.45) is 4.71. The van der Waals surface area contributed by atoms with Gasteiger partial charge in [0.2, 0.25) is 5.43 Å². The van der Waals surface area contributed by atoms with Gasteiger partial charge in [0, 0.05) is 42.3 Å². The third kappa shape index (κ3) is 2.26. The van der Waals surface area contributed by atoms with E-state index in [1.165, 1.54) is 17.0 Å². The molecule has 3 N–H and O–H groups in total. The third-order valence-electron chi connectivity index (χ3n) is 5.47. The standard InChI is InChI=1S/C18H18FN3O3/c1-2-21-7-11(17(24)25)16(23)10-5-12(19)14(6-13(10)21)22-8-15(20)18(9-22)3-4-18/h2,5-7,15H,1,3-4,8-9,20H2,(H,24,25). The second kappa shape index (κ2) is 5.16. The van der Waals surface area contributed by atoms with Gasteiger partial charge in [0.15, 0.2) is 0 Å². The van der Waals surface area contributed by atoms with Gasteiger partial charge in [-0.15, -0.1) is 0 Å². The van der Waals surface area contributed by atoms with Gasteiger partial charge in [-0.1, -0.05) is 6.58 Å². The minimum Gasteiger partial charge on any atom is -0.477 e. The molecule has 2 aliphatic rings. The number of aromatic carboxylic acids is 1. The van der Waals surface area contributed by atoms with Crippen LogP contribution in [0.4, 0.5) is 10.1 Å². The van der Waals surface area contributed by atoms with Crippen LogP contribution in [0.25, 0.3) is 17.1 Å². The van der Waals surface area contributed by atoms with Crippen LogP contribution in [0.2, 0.25) is 0 Å². The van der Waals surface area contributed by atoms with Gasteiger partial charge in [-0.05, 0) is 25.0 Å². The molecule has 2 heterocycles. The second-order valence-electron chi connectivity index (χ2n) is 6.94. The lowest BCUT2D eigenvalue weighted by atomic mass is 10.0. The average Bonchev–Trinajstić information content (AvgIpc) is 3.27. The van der Waals surface area contributed by atoms with Crippen LogP contribution in [0.15, 0.2) is 29.7 Å². The van der Waals surface area contributed by atoms with E-state index < -0.39 is 22.8 Å². The molecule has 0 bridgehead atoms. The zero-order valence-corrected chi connectivity index (χ0v) is 13.5. The SMILES string of the molecule is C=Cn1cc(C(=O)O)c(=O)c2cc(F)c(N3CC(N)C4(CC4)C3)cc21. The van der Waals surface area contributed by atoms with E-state index in [-0.39, 0.29) is 16.8 Å². The summed E-state index contributed by atoms with van der Waals surface area (Å²) >= 11 is 0. The summed E-state index contributed by atoms with van der Waals surface area (Å²) in [5.74, 6) is -1.90. The number of pyridine rings is 1. The van der Waals surface area contributed by atoms with Crippen LogP contribution in [0.3, 0.4) is 0 Å². The molecule has 1 aliphatic carbocycles. The van der Waals surface area contributed by atoms with E-state index >= 15 is 0 Å². The van der Waals surface area contributed by atoms with Crippen LogP contribution in [0.1, 0.15) is 23.2 Å². The minimum absolute atomic E-state index is 0.0126. The molecule has 1 saturated carbocycles. The Labute approximate surface area is 143 Å². The Morgan fingerprint density at radius 3 is 2.72 bits per heavy atom. The van der Waals surface area contributed by atoms with Crippen molar-refractivity contribution in [1.82, 2.24) is 4.57 Å². The molecule has 6 nitrogen and oxygen atoms in total. The molecule has 0 amide bonds. The van der Waals surface area contributed by atoms with Gasteiger partial charge in [0.1, 0.15) is 11.4 Å². The van der Waals surface area contributed by atoms with E-state index in [2.05, 4.69) is 6.58 Å². The first-order valence-electron chi connectivity index (χ1n) is 8.11. The van der Waals surface area contributed by atoms with Crippen LogP contribution in [0.5, 0.6) is 0 Å². The molecule has 4 rings (SSSR count). The molecule has 0 radical (unpaired) electrons. The highest BCUT2D eigenvalue weighted by Gasteiger charge is 2.53. The maximum atomic E-state index is 14.7. The lowest BCUT2D eigenvalue weighted by Gasteiger charge is -2.20. The van der Waals surface area contributed by atoms with Gasteiger partial charge in [0.25, 0.3) is 0 Å². The fraction of sp³-hybridized carbons (Fsp3) is 0.333. The van der Waals surface area contributed by atoms with Crippen molar-refractivity contribution in [3.8, 4) is 0 Å². The Bertz CT molecular complexity index is 978. The number of carboxylic acid groups (broad SMARTS) is 1. The number of benzene rings is 1. The predicted octanol–water partition coefficient (Wildman–Crippen LogP) is 1.87. The highest BCUT2D eigenvalue weighted by molar-refractivity contribution is 5.94. The number of fused-ring (bicyclic) bond motifs is 1. The van der Waals surface area contributed by atoms with Gasteiger partial charge in [-0.2, -0.15) is 0 Å². The van der Waals surface area contributed by atoms with Crippen LogP contribution in [0, 0.1) is 11.2 Å². The molecule has 7 heteroatoms. The number of hydrogen-bond donors (Lipinski definition) is 2. The van der Waals surface area contributed by atoms with E-state index in [4.69, 9.17) is 5.73 Å². The Balaban J connectivity index is 1.90. The molecule has 1 unspecified atom stereocenters. The summed E-state index contributed by atoms with van der Waals surface area (Å²) in [5, 5.41) is 9.19. The number of hydrogen-bond acceptors (Lipinski definition) is 4. The monoisotopic (exact) mass is 343 g/mol. The molecule has 1 saturated heterocycles. The Morgan fingerprint density at radius 2 is 2.16 bits per heavy atom. The van der Waals surface area contributed by atoms with Crippen molar-refractivity contribution in [1.29, 1.82) is 0 Å². The fourth-order valence-corrected chi connectivity index (χ4v) is 3.77. The first-order chi connectivity index (χ1) is 11.9. The number of carbonyl (C=O) groups is 1. The second-order valence-corrected chi connectivity index (χ2v) is 6.94. The Hall–Kier alpha value is -2.67. The van der Waals surface area contributed by atoms with Crippen LogP contribution < -0.4 is 16.1 Å². The van der Waals surface area contributed by atoms with Gasteiger partial charge in [-0.25, -0.2) is 9.18 Å². The van der Waals surface area contributed by atoms with Gasteiger partial charge in [0.05, 0.1) is 11.2 Å². The maximum absolute atomic E-state index is 14.7. The normalized spacial score (nSPS) is 21.0. The zero-order chi connectivity index (χ0) is 17.9. The summed E-state index contributed by atoms with van der Waals surface area (Å²) in [5.41, 5.74) is 5.97. The van der Waals surface area contributed by atoms with E-state index in [1.807, 2.05) is 4.90 Å².